The fourth-order valence-electron chi connectivity index (χ4n) is 4.10. The third kappa shape index (κ3) is 5.09. The lowest BCUT2D eigenvalue weighted by Gasteiger charge is -2.03. The molecule has 0 aliphatic heterocycles. The van der Waals surface area contributed by atoms with Gasteiger partial charge in [0.25, 0.3) is 0 Å². The summed E-state index contributed by atoms with van der Waals surface area (Å²) in [6, 6.07) is 27.6. The molecule has 6 rings (SSSR count). The SMILES string of the molecule is C[n+]1c2cc(N)ccc2cc2ccc(N)cc21.Cl.Nc1ccc2cc3ccc(N)cc3nc2c1.[Cl-]. The zero-order valence-corrected chi connectivity index (χ0v) is 20.6. The number of anilines is 4. The molecule has 0 saturated carbocycles. The fraction of sp³-hybridized carbons (Fsp3) is 0.0370. The number of nitrogens with two attached hydrogens (primary N) is 4. The van der Waals surface area contributed by atoms with Crippen molar-refractivity contribution in [1.29, 1.82) is 0 Å². The minimum atomic E-state index is 0. The van der Waals surface area contributed by atoms with Gasteiger partial charge in [-0.2, -0.15) is 4.57 Å². The Kier molecular flexibility index (Phi) is 7.39. The van der Waals surface area contributed by atoms with Crippen molar-refractivity contribution in [2.45, 2.75) is 0 Å². The van der Waals surface area contributed by atoms with Crippen molar-refractivity contribution < 1.29 is 17.0 Å². The first-order valence-corrected chi connectivity index (χ1v) is 10.6. The normalized spacial score (nSPS) is 10.4. The van der Waals surface area contributed by atoms with E-state index in [1.807, 2.05) is 79.8 Å². The predicted octanol–water partition coefficient (Wildman–Crippen LogP) is 1.96. The van der Waals surface area contributed by atoms with Crippen LogP contribution in [-0.4, -0.2) is 4.98 Å². The molecule has 8 heteroatoms. The van der Waals surface area contributed by atoms with Crippen molar-refractivity contribution in [2.24, 2.45) is 7.05 Å². The number of aromatic nitrogens is 2. The Morgan fingerprint density at radius 1 is 0.514 bits per heavy atom. The van der Waals surface area contributed by atoms with Crippen molar-refractivity contribution >= 4 is 78.8 Å². The van der Waals surface area contributed by atoms with Gasteiger partial charge in [-0.05, 0) is 60.7 Å². The Bertz CT molecular complexity index is 1570. The van der Waals surface area contributed by atoms with Gasteiger partial charge in [0.05, 0.1) is 11.0 Å². The van der Waals surface area contributed by atoms with Gasteiger partial charge in [-0.3, -0.25) is 0 Å². The van der Waals surface area contributed by atoms with E-state index < -0.39 is 0 Å². The van der Waals surface area contributed by atoms with Gasteiger partial charge in [-0.15, -0.1) is 12.4 Å². The first-order valence-electron chi connectivity index (χ1n) is 10.6. The molecule has 4 aromatic carbocycles. The number of fused-ring (bicyclic) bond motifs is 4. The highest BCUT2D eigenvalue weighted by Crippen LogP contribution is 2.23. The van der Waals surface area contributed by atoms with E-state index in [9.17, 15) is 0 Å². The Labute approximate surface area is 215 Å². The van der Waals surface area contributed by atoms with E-state index in [4.69, 9.17) is 22.9 Å². The van der Waals surface area contributed by atoms with Crippen LogP contribution in [-0.2, 0) is 7.05 Å². The Morgan fingerprint density at radius 3 is 1.29 bits per heavy atom. The molecule has 0 amide bonds. The summed E-state index contributed by atoms with van der Waals surface area (Å²) in [6.45, 7) is 0. The molecule has 0 fully saturated rings. The summed E-state index contributed by atoms with van der Waals surface area (Å²) >= 11 is 0. The molecule has 2 aromatic heterocycles. The molecule has 0 spiro atoms. The van der Waals surface area contributed by atoms with Crippen molar-refractivity contribution in [1.82, 2.24) is 4.98 Å². The standard InChI is InChI=1S/C14H13N3.C13H11N3.2ClH/c1-17-13-7-11(15)4-2-9(13)6-10-3-5-12(16)8-14(10)17;14-10-3-1-8-5-9-2-4-11(15)7-13(9)16-12(8)6-10;;/h2-8H,1H3,(H3,15,16);1-7H,14-15H2;2*1H. The van der Waals surface area contributed by atoms with Crippen molar-refractivity contribution in [3.05, 3.63) is 84.9 Å². The zero-order chi connectivity index (χ0) is 23.1. The van der Waals surface area contributed by atoms with Crippen molar-refractivity contribution in [3.63, 3.8) is 0 Å². The average Bonchev–Trinajstić information content (AvgIpc) is 2.79. The number of aryl methyl sites for hydroxylation is 1. The van der Waals surface area contributed by atoms with Crippen LogP contribution >= 0.6 is 12.4 Å². The molecule has 0 radical (unpaired) electrons. The molecule has 0 atom stereocenters. The largest absolute Gasteiger partial charge is 1.00 e. The number of benzene rings is 4. The van der Waals surface area contributed by atoms with Crippen LogP contribution < -0.4 is 39.9 Å². The first-order chi connectivity index (χ1) is 15.9. The second-order valence-electron chi connectivity index (χ2n) is 8.23. The van der Waals surface area contributed by atoms with Gasteiger partial charge in [0.15, 0.2) is 0 Å². The predicted molar refractivity (Wildman–Crippen MR) is 147 cm³/mol. The highest BCUT2D eigenvalue weighted by Gasteiger charge is 2.11. The molecule has 35 heavy (non-hydrogen) atoms. The molecule has 178 valence electrons. The van der Waals surface area contributed by atoms with Gasteiger partial charge in [0.2, 0.25) is 11.0 Å². The van der Waals surface area contributed by atoms with Gasteiger partial charge < -0.3 is 35.3 Å². The summed E-state index contributed by atoms with van der Waals surface area (Å²) in [6.07, 6.45) is 0. The van der Waals surface area contributed by atoms with Crippen LogP contribution in [0.1, 0.15) is 0 Å². The Balaban J connectivity index is 0.000000185. The molecule has 0 bridgehead atoms. The maximum Gasteiger partial charge on any atom is 0.214 e. The third-order valence-electron chi connectivity index (χ3n) is 5.80. The van der Waals surface area contributed by atoms with Crippen LogP contribution in [0.3, 0.4) is 0 Å². The highest BCUT2D eigenvalue weighted by atomic mass is 35.5. The van der Waals surface area contributed by atoms with Crippen LogP contribution in [0.4, 0.5) is 22.7 Å². The number of pyridine rings is 2. The summed E-state index contributed by atoms with van der Waals surface area (Å²) in [5, 5.41) is 4.54. The van der Waals surface area contributed by atoms with E-state index in [-0.39, 0.29) is 24.8 Å². The Morgan fingerprint density at radius 2 is 0.857 bits per heavy atom. The topological polar surface area (TPSA) is 121 Å². The van der Waals surface area contributed by atoms with E-state index in [1.54, 1.807) is 0 Å². The van der Waals surface area contributed by atoms with Crippen LogP contribution in [0.15, 0.2) is 84.9 Å². The van der Waals surface area contributed by atoms with Gasteiger partial charge in [0, 0.05) is 56.4 Å². The van der Waals surface area contributed by atoms with E-state index in [2.05, 4.69) is 21.7 Å². The van der Waals surface area contributed by atoms with Crippen LogP contribution in [0, 0.1) is 0 Å². The van der Waals surface area contributed by atoms with Crippen molar-refractivity contribution in [2.75, 3.05) is 22.9 Å². The van der Waals surface area contributed by atoms with E-state index in [0.717, 1.165) is 55.6 Å². The maximum atomic E-state index is 5.83. The zero-order valence-electron chi connectivity index (χ0n) is 19.1. The Hall–Kier alpha value is -4.00. The van der Waals surface area contributed by atoms with Crippen LogP contribution in [0.5, 0.6) is 0 Å². The van der Waals surface area contributed by atoms with E-state index >= 15 is 0 Å². The monoisotopic (exact) mass is 504 g/mol. The minimum absolute atomic E-state index is 0. The van der Waals surface area contributed by atoms with E-state index in [1.165, 1.54) is 10.8 Å². The summed E-state index contributed by atoms with van der Waals surface area (Å²) in [4.78, 5) is 4.54. The molecule has 2 heterocycles. The number of nitrogens with zero attached hydrogens (tertiary/aromatic N) is 2. The summed E-state index contributed by atoms with van der Waals surface area (Å²) < 4.78 is 2.12. The lowest BCUT2D eigenvalue weighted by Crippen LogP contribution is -3.00. The third-order valence-corrected chi connectivity index (χ3v) is 5.80. The summed E-state index contributed by atoms with van der Waals surface area (Å²) in [7, 11) is 2.03. The number of hydrogen-bond acceptors (Lipinski definition) is 5. The van der Waals surface area contributed by atoms with E-state index in [0.29, 0.717) is 0 Å². The van der Waals surface area contributed by atoms with Crippen LogP contribution in [0.25, 0.3) is 43.6 Å². The summed E-state index contributed by atoms with van der Waals surface area (Å²) in [5.74, 6) is 0. The number of hydrogen-bond donors (Lipinski definition) is 4. The lowest BCUT2D eigenvalue weighted by molar-refractivity contribution is -0.617. The second-order valence-corrected chi connectivity index (χ2v) is 8.23. The smallest absolute Gasteiger partial charge is 0.214 e. The maximum absolute atomic E-state index is 5.83. The first kappa shape index (κ1) is 25.6. The molecular formula is C27H26Cl2N6. The van der Waals surface area contributed by atoms with Gasteiger partial charge >= 0.3 is 0 Å². The molecule has 6 nitrogen and oxygen atoms in total. The molecular weight excluding hydrogens is 479 g/mol. The quantitative estimate of drug-likeness (QED) is 0.143. The molecule has 0 aliphatic rings. The molecule has 6 aromatic rings. The highest BCUT2D eigenvalue weighted by molar-refractivity contribution is 5.95. The molecule has 8 N–H and O–H groups in total. The number of rotatable bonds is 0. The minimum Gasteiger partial charge on any atom is -1.00 e. The molecule has 0 unspecified atom stereocenters. The fourth-order valence-corrected chi connectivity index (χ4v) is 4.10. The number of nitrogen functional groups attached to an aromatic ring is 4. The lowest BCUT2D eigenvalue weighted by atomic mass is 10.1. The number of halogens is 2. The van der Waals surface area contributed by atoms with Crippen LogP contribution in [0.2, 0.25) is 0 Å². The average molecular weight is 505 g/mol. The van der Waals surface area contributed by atoms with Gasteiger partial charge in [-0.1, -0.05) is 12.1 Å². The molecule has 0 aliphatic carbocycles. The second kappa shape index (κ2) is 10.1. The summed E-state index contributed by atoms with van der Waals surface area (Å²) in [5.41, 5.74) is 30.2. The van der Waals surface area contributed by atoms with Gasteiger partial charge in [-0.25, -0.2) is 4.98 Å². The van der Waals surface area contributed by atoms with Crippen molar-refractivity contribution in [3.8, 4) is 0 Å². The molecule has 0 saturated heterocycles. The van der Waals surface area contributed by atoms with Gasteiger partial charge in [0.1, 0.15) is 7.05 Å².